The van der Waals surface area contributed by atoms with Crippen LogP contribution in [0.25, 0.3) is 0 Å². The molecule has 1 atom stereocenters. The first kappa shape index (κ1) is 11.1. The van der Waals surface area contributed by atoms with Crippen molar-refractivity contribution in [1.29, 1.82) is 0 Å². The van der Waals surface area contributed by atoms with Gasteiger partial charge < -0.3 is 9.67 Å². The number of aromatic nitrogens is 1. The minimum absolute atomic E-state index is 0.101. The van der Waals surface area contributed by atoms with Gasteiger partial charge in [0.2, 0.25) is 0 Å². The van der Waals surface area contributed by atoms with Gasteiger partial charge in [0.25, 0.3) is 0 Å². The van der Waals surface area contributed by atoms with E-state index in [0.29, 0.717) is 5.56 Å². The Morgan fingerprint density at radius 2 is 2.14 bits per heavy atom. The normalized spacial score (nSPS) is 14.4. The van der Waals surface area contributed by atoms with E-state index in [1.54, 1.807) is 13.0 Å². The molecule has 1 heterocycles. The van der Waals surface area contributed by atoms with Crippen LogP contribution >= 0.6 is 0 Å². The second kappa shape index (κ2) is 4.04. The zero-order valence-electron chi connectivity index (χ0n) is 7.75. The molecule has 1 aromatic heterocycles. The van der Waals surface area contributed by atoms with E-state index in [2.05, 4.69) is 0 Å². The second-order valence-electron chi connectivity index (χ2n) is 3.22. The topological polar surface area (TPSA) is 25.2 Å². The highest BCUT2D eigenvalue weighted by Gasteiger charge is 2.26. The smallest absolute Gasteiger partial charge is 0.389 e. The first-order valence-electron chi connectivity index (χ1n) is 4.29. The lowest BCUT2D eigenvalue weighted by Crippen LogP contribution is -2.11. The van der Waals surface area contributed by atoms with Gasteiger partial charge in [0, 0.05) is 18.9 Å². The first-order valence-corrected chi connectivity index (χ1v) is 4.29. The predicted molar refractivity (Wildman–Crippen MR) is 45.7 cm³/mol. The van der Waals surface area contributed by atoms with Crippen molar-refractivity contribution in [3.63, 3.8) is 0 Å². The van der Waals surface area contributed by atoms with Crippen LogP contribution in [0.2, 0.25) is 0 Å². The molecule has 5 heteroatoms. The zero-order chi connectivity index (χ0) is 10.8. The van der Waals surface area contributed by atoms with Crippen molar-refractivity contribution in [1.82, 2.24) is 4.57 Å². The molecule has 0 aliphatic carbocycles. The molecule has 1 rings (SSSR count). The van der Waals surface area contributed by atoms with Crippen molar-refractivity contribution in [2.45, 2.75) is 32.2 Å². The molecule has 0 saturated carbocycles. The third kappa shape index (κ3) is 3.41. The maximum absolute atomic E-state index is 11.8. The lowest BCUT2D eigenvalue weighted by Gasteiger charge is -2.06. The van der Waals surface area contributed by atoms with Gasteiger partial charge in [-0.1, -0.05) is 0 Å². The maximum Gasteiger partial charge on any atom is 0.390 e. The third-order valence-electron chi connectivity index (χ3n) is 1.91. The highest BCUT2D eigenvalue weighted by Crippen LogP contribution is 2.21. The number of hydrogen-bond donors (Lipinski definition) is 1. The zero-order valence-corrected chi connectivity index (χ0v) is 7.75. The molecule has 0 spiro atoms. The molecule has 2 nitrogen and oxygen atoms in total. The van der Waals surface area contributed by atoms with Gasteiger partial charge in [-0.05, 0) is 18.6 Å². The Bertz CT molecular complexity index is 290. The number of aryl methyl sites for hydroxylation is 1. The minimum Gasteiger partial charge on any atom is -0.389 e. The van der Waals surface area contributed by atoms with Crippen LogP contribution in [0.15, 0.2) is 18.5 Å². The van der Waals surface area contributed by atoms with Crippen molar-refractivity contribution in [2.24, 2.45) is 0 Å². The molecule has 80 valence electrons. The van der Waals surface area contributed by atoms with Gasteiger partial charge >= 0.3 is 6.18 Å². The lowest BCUT2D eigenvalue weighted by atomic mass is 10.2. The Kier molecular flexibility index (Phi) is 3.21. The van der Waals surface area contributed by atoms with E-state index < -0.39 is 18.7 Å². The van der Waals surface area contributed by atoms with E-state index in [0.717, 1.165) is 0 Å². The molecule has 0 fully saturated rings. The molecule has 0 aromatic carbocycles. The van der Waals surface area contributed by atoms with Gasteiger partial charge in [0.05, 0.1) is 12.5 Å². The van der Waals surface area contributed by atoms with Crippen molar-refractivity contribution in [3.8, 4) is 0 Å². The van der Waals surface area contributed by atoms with Gasteiger partial charge in [0.1, 0.15) is 0 Å². The van der Waals surface area contributed by atoms with E-state index in [1.807, 2.05) is 0 Å². The molecule has 0 aliphatic rings. The second-order valence-corrected chi connectivity index (χ2v) is 3.22. The number of rotatable bonds is 3. The van der Waals surface area contributed by atoms with Crippen molar-refractivity contribution < 1.29 is 18.3 Å². The fraction of sp³-hybridized carbons (Fsp3) is 0.556. The van der Waals surface area contributed by atoms with E-state index >= 15 is 0 Å². The number of aliphatic hydroxyl groups is 1. The van der Waals surface area contributed by atoms with E-state index in [9.17, 15) is 13.2 Å². The molecular formula is C9H12F3NO. The fourth-order valence-electron chi connectivity index (χ4n) is 1.10. The van der Waals surface area contributed by atoms with E-state index in [1.165, 1.54) is 17.0 Å². The summed E-state index contributed by atoms with van der Waals surface area (Å²) >= 11 is 0. The number of halogens is 3. The molecular weight excluding hydrogens is 195 g/mol. The van der Waals surface area contributed by atoms with Gasteiger partial charge in [-0.25, -0.2) is 0 Å². The van der Waals surface area contributed by atoms with Crippen LogP contribution in [0, 0.1) is 0 Å². The highest BCUT2D eigenvalue weighted by molar-refractivity contribution is 5.12. The van der Waals surface area contributed by atoms with Crippen LogP contribution in [-0.4, -0.2) is 15.8 Å². The summed E-state index contributed by atoms with van der Waals surface area (Å²) in [6.07, 6.45) is -2.55. The van der Waals surface area contributed by atoms with Crippen molar-refractivity contribution >= 4 is 0 Å². The van der Waals surface area contributed by atoms with Crippen LogP contribution in [0.1, 0.15) is 25.0 Å². The summed E-state index contributed by atoms with van der Waals surface area (Å²) < 4.78 is 37.0. The molecule has 0 bridgehead atoms. The predicted octanol–water partition coefficient (Wildman–Crippen LogP) is 2.49. The quantitative estimate of drug-likeness (QED) is 0.809. The Hall–Kier alpha value is -0.970. The maximum atomic E-state index is 11.8. The number of aliphatic hydroxyl groups excluding tert-OH is 1. The van der Waals surface area contributed by atoms with Crippen LogP contribution in [0.3, 0.4) is 0 Å². The SMILES string of the molecule is CC(O)c1ccn(CCC(F)(F)F)c1. The first-order chi connectivity index (χ1) is 6.38. The molecule has 14 heavy (non-hydrogen) atoms. The van der Waals surface area contributed by atoms with Crippen molar-refractivity contribution in [3.05, 3.63) is 24.0 Å². The molecule has 1 aromatic rings. The third-order valence-corrected chi connectivity index (χ3v) is 1.91. The largest absolute Gasteiger partial charge is 0.390 e. The van der Waals surface area contributed by atoms with Gasteiger partial charge in [-0.15, -0.1) is 0 Å². The van der Waals surface area contributed by atoms with Gasteiger partial charge in [-0.2, -0.15) is 13.2 Å². The Morgan fingerprint density at radius 3 is 2.57 bits per heavy atom. The fourth-order valence-corrected chi connectivity index (χ4v) is 1.10. The average molecular weight is 207 g/mol. The number of hydrogen-bond acceptors (Lipinski definition) is 1. The molecule has 0 saturated heterocycles. The van der Waals surface area contributed by atoms with Gasteiger partial charge in [-0.3, -0.25) is 0 Å². The summed E-state index contributed by atoms with van der Waals surface area (Å²) in [5.74, 6) is 0. The number of alkyl halides is 3. The standard InChI is InChI=1S/C9H12F3NO/c1-7(14)8-2-4-13(6-8)5-3-9(10,11)12/h2,4,6-7,14H,3,5H2,1H3. The molecule has 1 N–H and O–H groups in total. The Labute approximate surface area is 80.0 Å². The average Bonchev–Trinajstić information content (AvgIpc) is 2.47. The van der Waals surface area contributed by atoms with E-state index in [-0.39, 0.29) is 6.54 Å². The molecule has 0 radical (unpaired) electrons. The van der Waals surface area contributed by atoms with Gasteiger partial charge in [0.15, 0.2) is 0 Å². The highest BCUT2D eigenvalue weighted by atomic mass is 19.4. The summed E-state index contributed by atoms with van der Waals surface area (Å²) in [6, 6.07) is 1.61. The minimum atomic E-state index is -4.13. The summed E-state index contributed by atoms with van der Waals surface area (Å²) in [6.45, 7) is 1.47. The summed E-state index contributed by atoms with van der Waals surface area (Å²) in [5, 5.41) is 9.13. The number of nitrogens with zero attached hydrogens (tertiary/aromatic N) is 1. The summed E-state index contributed by atoms with van der Waals surface area (Å²) in [7, 11) is 0. The Morgan fingerprint density at radius 1 is 1.50 bits per heavy atom. The molecule has 0 amide bonds. The van der Waals surface area contributed by atoms with Crippen LogP contribution in [0.5, 0.6) is 0 Å². The van der Waals surface area contributed by atoms with Crippen molar-refractivity contribution in [2.75, 3.05) is 0 Å². The molecule has 1 unspecified atom stereocenters. The van der Waals surface area contributed by atoms with Crippen LogP contribution in [0.4, 0.5) is 13.2 Å². The summed E-state index contributed by atoms with van der Waals surface area (Å²) in [5.41, 5.74) is 0.632. The van der Waals surface area contributed by atoms with E-state index in [4.69, 9.17) is 5.11 Å². The molecule has 0 aliphatic heterocycles. The Balaban J connectivity index is 2.52. The van der Waals surface area contributed by atoms with Crippen LogP contribution < -0.4 is 0 Å². The van der Waals surface area contributed by atoms with Crippen LogP contribution in [-0.2, 0) is 6.54 Å². The lowest BCUT2D eigenvalue weighted by molar-refractivity contribution is -0.136. The monoisotopic (exact) mass is 207 g/mol. The summed E-state index contributed by atoms with van der Waals surface area (Å²) in [4.78, 5) is 0.